The average molecular weight is 551 g/mol. The van der Waals surface area contributed by atoms with Crippen molar-refractivity contribution in [2.24, 2.45) is 10.9 Å². The number of hydrogen-bond acceptors (Lipinski definition) is 3. The Balaban J connectivity index is 0.00000341. The Kier molecular flexibility index (Phi) is 10.4. The molecule has 9 heteroatoms. The van der Waals surface area contributed by atoms with Gasteiger partial charge in [-0.15, -0.1) is 24.0 Å². The van der Waals surface area contributed by atoms with Crippen molar-refractivity contribution in [3.8, 4) is 0 Å². The zero-order valence-corrected chi connectivity index (χ0v) is 20.3. The van der Waals surface area contributed by atoms with Gasteiger partial charge < -0.3 is 15.5 Å². The summed E-state index contributed by atoms with van der Waals surface area (Å²) in [7, 11) is 1.74. The first kappa shape index (κ1) is 25.8. The molecule has 0 radical (unpaired) electrons. The average Bonchev–Trinajstić information content (AvgIpc) is 3.26. The van der Waals surface area contributed by atoms with Gasteiger partial charge in [0, 0.05) is 38.9 Å². The molecule has 0 atom stereocenters. The molecule has 1 aromatic carbocycles. The fourth-order valence-corrected chi connectivity index (χ4v) is 4.00. The monoisotopic (exact) mass is 551 g/mol. The Hall–Kier alpha value is -1.49. The lowest BCUT2D eigenvalue weighted by molar-refractivity contribution is -0.148. The Morgan fingerprint density at radius 3 is 2.29 bits per heavy atom. The second kappa shape index (κ2) is 12.5. The van der Waals surface area contributed by atoms with E-state index in [-0.39, 0.29) is 24.0 Å². The summed E-state index contributed by atoms with van der Waals surface area (Å²) in [6.07, 6.45) is 2.84. The second-order valence-corrected chi connectivity index (χ2v) is 8.02. The van der Waals surface area contributed by atoms with Gasteiger partial charge in [-0.05, 0) is 56.0 Å². The molecule has 1 saturated heterocycles. The van der Waals surface area contributed by atoms with Gasteiger partial charge in [0.1, 0.15) is 0 Å². The van der Waals surface area contributed by atoms with E-state index in [1.165, 1.54) is 16.2 Å². The van der Waals surface area contributed by atoms with Gasteiger partial charge in [0.05, 0.1) is 6.54 Å². The van der Waals surface area contributed by atoms with E-state index >= 15 is 0 Å². The molecule has 174 valence electrons. The summed E-state index contributed by atoms with van der Waals surface area (Å²) in [6, 6.07) is 8.54. The van der Waals surface area contributed by atoms with Crippen molar-refractivity contribution in [1.82, 2.24) is 15.5 Å². The number of likely N-dealkylation sites (tertiary alicyclic amines) is 1. The van der Waals surface area contributed by atoms with E-state index in [2.05, 4.69) is 56.9 Å². The van der Waals surface area contributed by atoms with E-state index in [0.717, 1.165) is 44.9 Å². The quantitative estimate of drug-likeness (QED) is 0.233. The van der Waals surface area contributed by atoms with Crippen LogP contribution in [0.1, 0.15) is 24.8 Å². The van der Waals surface area contributed by atoms with Crippen LogP contribution >= 0.6 is 24.0 Å². The highest BCUT2D eigenvalue weighted by molar-refractivity contribution is 14.0. The van der Waals surface area contributed by atoms with Crippen LogP contribution in [0.5, 0.6) is 0 Å². The predicted molar refractivity (Wildman–Crippen MR) is 131 cm³/mol. The zero-order chi connectivity index (χ0) is 21.4. The first-order valence-corrected chi connectivity index (χ1v) is 10.7. The fourth-order valence-electron chi connectivity index (χ4n) is 4.00. The largest absolute Gasteiger partial charge is 0.401 e. The van der Waals surface area contributed by atoms with Gasteiger partial charge in [0.15, 0.2) is 5.96 Å². The molecular weight excluding hydrogens is 518 g/mol. The van der Waals surface area contributed by atoms with Crippen LogP contribution in [0.4, 0.5) is 18.9 Å². The predicted octanol–water partition coefficient (Wildman–Crippen LogP) is 4.01. The normalized spacial score (nSPS) is 18.2. The molecule has 1 aromatic rings. The van der Waals surface area contributed by atoms with Gasteiger partial charge in [-0.25, -0.2) is 0 Å². The molecule has 0 unspecified atom stereocenters. The third-order valence-corrected chi connectivity index (χ3v) is 5.76. The molecule has 0 aromatic heterocycles. The standard InChI is InChI=1S/C22H32F3N5.HI/c1-26-21(27-11-8-18-9-14-29(15-10-18)17-22(23,24)25)28-16-19-4-6-20(7-5-19)30-12-2-3-13-30;/h2-7,18H,8-17H2,1H3,(H2,26,27,28);1H. The van der Waals surface area contributed by atoms with Crippen LogP contribution in [0, 0.1) is 5.92 Å². The van der Waals surface area contributed by atoms with E-state index in [0.29, 0.717) is 25.6 Å². The van der Waals surface area contributed by atoms with E-state index < -0.39 is 12.7 Å². The topological polar surface area (TPSA) is 42.9 Å². The number of rotatable bonds is 7. The van der Waals surface area contributed by atoms with Gasteiger partial charge in [-0.3, -0.25) is 9.89 Å². The number of anilines is 1. The molecule has 2 N–H and O–H groups in total. The van der Waals surface area contributed by atoms with Gasteiger partial charge >= 0.3 is 6.18 Å². The van der Waals surface area contributed by atoms with Gasteiger partial charge in [-0.2, -0.15) is 13.2 Å². The Bertz CT molecular complexity index is 705. The number of nitrogens with zero attached hydrogens (tertiary/aromatic N) is 3. The number of alkyl halides is 3. The summed E-state index contributed by atoms with van der Waals surface area (Å²) in [5.74, 6) is 1.21. The Labute approximate surface area is 200 Å². The number of hydrogen-bond donors (Lipinski definition) is 2. The van der Waals surface area contributed by atoms with Crippen LogP contribution in [0.15, 0.2) is 41.4 Å². The summed E-state index contributed by atoms with van der Waals surface area (Å²) >= 11 is 0. The van der Waals surface area contributed by atoms with Crippen LogP contribution in [0.3, 0.4) is 0 Å². The molecule has 2 aliphatic heterocycles. The molecule has 5 nitrogen and oxygen atoms in total. The summed E-state index contributed by atoms with van der Waals surface area (Å²) < 4.78 is 37.4. The summed E-state index contributed by atoms with van der Waals surface area (Å²) in [5.41, 5.74) is 2.42. The molecule has 31 heavy (non-hydrogen) atoms. The Morgan fingerprint density at radius 1 is 1.06 bits per heavy atom. The SMILES string of the molecule is CN=C(NCCC1CCN(CC(F)(F)F)CC1)NCc1ccc(N2CC=CC2)cc1.I. The molecule has 2 aliphatic rings. The number of nitrogens with one attached hydrogen (secondary N) is 2. The van der Waals surface area contributed by atoms with Crippen molar-refractivity contribution >= 4 is 35.6 Å². The van der Waals surface area contributed by atoms with Crippen LogP contribution in [0.25, 0.3) is 0 Å². The first-order chi connectivity index (χ1) is 14.4. The van der Waals surface area contributed by atoms with Crippen molar-refractivity contribution in [2.45, 2.75) is 32.0 Å². The van der Waals surface area contributed by atoms with Crippen molar-refractivity contribution in [1.29, 1.82) is 0 Å². The van der Waals surface area contributed by atoms with Gasteiger partial charge in [-0.1, -0.05) is 24.3 Å². The maximum absolute atomic E-state index is 12.5. The minimum atomic E-state index is -4.10. The lowest BCUT2D eigenvalue weighted by Gasteiger charge is -2.32. The van der Waals surface area contributed by atoms with Crippen LogP contribution in [-0.4, -0.2) is 63.4 Å². The highest BCUT2D eigenvalue weighted by atomic mass is 127. The van der Waals surface area contributed by atoms with Crippen LogP contribution < -0.4 is 15.5 Å². The maximum atomic E-state index is 12.5. The number of benzene rings is 1. The molecule has 0 aliphatic carbocycles. The van der Waals surface area contributed by atoms with Crippen molar-refractivity contribution in [3.63, 3.8) is 0 Å². The summed E-state index contributed by atoms with van der Waals surface area (Å²) in [5, 5.41) is 6.65. The van der Waals surface area contributed by atoms with Crippen LogP contribution in [0.2, 0.25) is 0 Å². The van der Waals surface area contributed by atoms with Crippen molar-refractivity contribution in [3.05, 3.63) is 42.0 Å². The smallest absolute Gasteiger partial charge is 0.364 e. The third kappa shape index (κ3) is 8.88. The highest BCUT2D eigenvalue weighted by Gasteiger charge is 2.32. The number of aliphatic imine (C=N–C) groups is 1. The first-order valence-electron chi connectivity index (χ1n) is 10.7. The zero-order valence-electron chi connectivity index (χ0n) is 18.0. The minimum absolute atomic E-state index is 0. The molecule has 0 bridgehead atoms. The van der Waals surface area contributed by atoms with E-state index in [1.807, 2.05) is 0 Å². The molecule has 0 amide bonds. The maximum Gasteiger partial charge on any atom is 0.401 e. The molecular formula is C22H33F3IN5. The van der Waals surface area contributed by atoms with Crippen molar-refractivity contribution < 1.29 is 13.2 Å². The lowest BCUT2D eigenvalue weighted by atomic mass is 9.93. The fraction of sp³-hybridized carbons (Fsp3) is 0.591. The van der Waals surface area contributed by atoms with E-state index in [9.17, 15) is 13.2 Å². The van der Waals surface area contributed by atoms with Crippen molar-refractivity contribution in [2.75, 3.05) is 51.2 Å². The number of piperidine rings is 1. The molecule has 2 heterocycles. The summed E-state index contributed by atoms with van der Waals surface area (Å²) in [4.78, 5) is 8.08. The van der Waals surface area contributed by atoms with E-state index in [4.69, 9.17) is 0 Å². The van der Waals surface area contributed by atoms with Gasteiger partial charge in [0.2, 0.25) is 0 Å². The van der Waals surface area contributed by atoms with Gasteiger partial charge in [0.25, 0.3) is 0 Å². The summed E-state index contributed by atoms with van der Waals surface area (Å²) in [6.45, 7) is 3.66. The molecule has 0 saturated carbocycles. The molecule has 0 spiro atoms. The second-order valence-electron chi connectivity index (χ2n) is 8.02. The third-order valence-electron chi connectivity index (χ3n) is 5.76. The molecule has 1 fully saturated rings. The van der Waals surface area contributed by atoms with Crippen LogP contribution in [-0.2, 0) is 6.54 Å². The lowest BCUT2D eigenvalue weighted by Crippen LogP contribution is -2.41. The number of halogens is 4. The highest BCUT2D eigenvalue weighted by Crippen LogP contribution is 2.24. The molecule has 3 rings (SSSR count). The minimum Gasteiger partial charge on any atom is -0.364 e. The van der Waals surface area contributed by atoms with E-state index in [1.54, 1.807) is 7.05 Å². The Morgan fingerprint density at radius 2 is 1.71 bits per heavy atom. The number of guanidine groups is 1.